The highest BCUT2D eigenvalue weighted by atomic mass is 16.5. The van der Waals surface area contributed by atoms with Crippen molar-refractivity contribution in [3.05, 3.63) is 81.8 Å². The number of nitrogens with one attached hydrogen (secondary N) is 1. The minimum Gasteiger partial charge on any atom is -0.481 e. The lowest BCUT2D eigenvalue weighted by Crippen LogP contribution is -2.30. The lowest BCUT2D eigenvalue weighted by atomic mass is 9.99. The zero-order chi connectivity index (χ0) is 28.1. The maximum Gasteiger partial charge on any atom is 0.264 e. The van der Waals surface area contributed by atoms with Gasteiger partial charge in [-0.1, -0.05) is 43.7 Å². The Morgan fingerprint density at radius 2 is 1.73 bits per heavy atom. The van der Waals surface area contributed by atoms with Gasteiger partial charge < -0.3 is 9.47 Å². The van der Waals surface area contributed by atoms with E-state index in [1.165, 1.54) is 18.8 Å². The van der Waals surface area contributed by atoms with Crippen LogP contribution in [0, 0.1) is 6.92 Å². The highest BCUT2D eigenvalue weighted by Crippen LogP contribution is 2.29. The monoisotopic (exact) mass is 539 g/mol. The molecule has 0 atom stereocenters. The second-order valence-electron chi connectivity index (χ2n) is 9.09. The Hall–Kier alpha value is -5.00. The van der Waals surface area contributed by atoms with Gasteiger partial charge in [-0.3, -0.25) is 9.78 Å². The zero-order valence-electron chi connectivity index (χ0n) is 22.7. The fraction of sp³-hybridized carbons (Fsp3) is 0.286. The molecule has 0 saturated carbocycles. The van der Waals surface area contributed by atoms with Crippen LogP contribution in [0.3, 0.4) is 0 Å². The number of pyridine rings is 1. The van der Waals surface area contributed by atoms with Gasteiger partial charge in [0.2, 0.25) is 17.7 Å². The molecule has 1 N–H and O–H groups in total. The first kappa shape index (κ1) is 26.6. The Bertz CT molecular complexity index is 1640. The van der Waals surface area contributed by atoms with Crippen LogP contribution in [0.25, 0.3) is 28.5 Å². The number of aromatic amines is 1. The van der Waals surface area contributed by atoms with E-state index in [4.69, 9.17) is 19.4 Å². The molecular formula is C28H29N9O3. The van der Waals surface area contributed by atoms with Crippen molar-refractivity contribution in [3.8, 4) is 40.2 Å². The molecule has 4 heterocycles. The molecule has 5 rings (SSSR count). The molecule has 0 spiro atoms. The third-order valence-electron chi connectivity index (χ3n) is 6.50. The van der Waals surface area contributed by atoms with Crippen molar-refractivity contribution in [2.24, 2.45) is 0 Å². The average Bonchev–Trinajstić information content (AvgIpc) is 3.53. The van der Waals surface area contributed by atoms with Crippen LogP contribution in [0.15, 0.2) is 53.5 Å². The SMILES string of the molecule is CCCCc1nc(C)n(-c2nc(OC)cc(OC)n2)c(=O)c1Cc1ccc(-c2ccccc2-c2nnn[nH]2)cn1. The van der Waals surface area contributed by atoms with E-state index < -0.39 is 0 Å². The molecule has 0 fully saturated rings. The van der Waals surface area contributed by atoms with Crippen LogP contribution in [-0.2, 0) is 12.8 Å². The number of aromatic nitrogens is 9. The second kappa shape index (κ2) is 11.8. The first-order valence-electron chi connectivity index (χ1n) is 12.9. The molecule has 0 radical (unpaired) electrons. The van der Waals surface area contributed by atoms with Crippen molar-refractivity contribution in [2.45, 2.75) is 39.5 Å². The summed E-state index contributed by atoms with van der Waals surface area (Å²) in [5.74, 6) is 1.75. The molecule has 0 saturated heterocycles. The number of tetrazole rings is 1. The predicted molar refractivity (Wildman–Crippen MR) is 148 cm³/mol. The van der Waals surface area contributed by atoms with E-state index in [9.17, 15) is 4.79 Å². The van der Waals surface area contributed by atoms with E-state index in [1.807, 2.05) is 36.4 Å². The third-order valence-corrected chi connectivity index (χ3v) is 6.50. The van der Waals surface area contributed by atoms with Crippen LogP contribution in [0.1, 0.15) is 42.5 Å². The summed E-state index contributed by atoms with van der Waals surface area (Å²) in [5.41, 5.74) is 4.50. The number of aryl methyl sites for hydroxylation is 2. The topological polar surface area (TPSA) is 146 Å². The van der Waals surface area contributed by atoms with E-state index in [2.05, 4.69) is 37.5 Å². The van der Waals surface area contributed by atoms with Crippen molar-refractivity contribution >= 4 is 0 Å². The molecule has 0 aliphatic rings. The molecule has 204 valence electrons. The molecule has 12 heteroatoms. The van der Waals surface area contributed by atoms with Crippen molar-refractivity contribution < 1.29 is 9.47 Å². The van der Waals surface area contributed by atoms with Crippen LogP contribution in [-0.4, -0.2) is 59.3 Å². The summed E-state index contributed by atoms with van der Waals surface area (Å²) in [6.45, 7) is 3.88. The highest BCUT2D eigenvalue weighted by Gasteiger charge is 2.20. The number of nitrogens with zero attached hydrogens (tertiary/aromatic N) is 8. The molecule has 5 aromatic rings. The number of rotatable bonds is 10. The third kappa shape index (κ3) is 5.41. The van der Waals surface area contributed by atoms with Gasteiger partial charge in [0, 0.05) is 35.0 Å². The molecule has 0 amide bonds. The van der Waals surface area contributed by atoms with Gasteiger partial charge in [-0.2, -0.15) is 9.97 Å². The maximum absolute atomic E-state index is 14.0. The van der Waals surface area contributed by atoms with Gasteiger partial charge in [-0.25, -0.2) is 14.6 Å². The molecular weight excluding hydrogens is 510 g/mol. The standard InChI is InChI=1S/C28H29N9O3/c1-5-6-11-23-22(27(38)37(17(2)30-23)28-31-24(39-3)15-25(32-28)40-4)14-19-13-12-18(16-29-19)20-9-7-8-10-21(20)26-33-35-36-34-26/h7-10,12-13,15-16H,5-6,11,14H2,1-4H3,(H,33,34,35,36). The molecule has 0 aliphatic carbocycles. The Labute approximate surface area is 230 Å². The molecule has 12 nitrogen and oxygen atoms in total. The predicted octanol–water partition coefficient (Wildman–Crippen LogP) is 3.52. The lowest BCUT2D eigenvalue weighted by Gasteiger charge is -2.15. The maximum atomic E-state index is 14.0. The van der Waals surface area contributed by atoms with Gasteiger partial charge in [-0.15, -0.1) is 5.10 Å². The van der Waals surface area contributed by atoms with Crippen molar-refractivity contribution in [1.82, 2.24) is 45.1 Å². The lowest BCUT2D eigenvalue weighted by molar-refractivity contribution is 0.370. The zero-order valence-corrected chi connectivity index (χ0v) is 22.7. The van der Waals surface area contributed by atoms with Gasteiger partial charge >= 0.3 is 0 Å². The Morgan fingerprint density at radius 1 is 0.975 bits per heavy atom. The summed E-state index contributed by atoms with van der Waals surface area (Å²) in [4.78, 5) is 32.2. The fourth-order valence-corrected chi connectivity index (χ4v) is 4.47. The first-order valence-corrected chi connectivity index (χ1v) is 12.9. The molecule has 40 heavy (non-hydrogen) atoms. The largest absolute Gasteiger partial charge is 0.481 e. The number of H-pyrrole nitrogens is 1. The summed E-state index contributed by atoms with van der Waals surface area (Å²) in [6, 6.07) is 13.3. The number of hydrogen-bond acceptors (Lipinski definition) is 10. The van der Waals surface area contributed by atoms with E-state index in [1.54, 1.807) is 19.2 Å². The molecule has 0 unspecified atom stereocenters. The minimum atomic E-state index is -0.247. The molecule has 0 bridgehead atoms. The van der Waals surface area contributed by atoms with Crippen LogP contribution < -0.4 is 15.0 Å². The molecule has 4 aromatic heterocycles. The van der Waals surface area contributed by atoms with Crippen LogP contribution in [0.2, 0.25) is 0 Å². The number of hydrogen-bond donors (Lipinski definition) is 1. The van der Waals surface area contributed by atoms with Crippen LogP contribution in [0.5, 0.6) is 11.8 Å². The minimum absolute atomic E-state index is 0.135. The Balaban J connectivity index is 1.54. The second-order valence-corrected chi connectivity index (χ2v) is 9.09. The summed E-state index contributed by atoms with van der Waals surface area (Å²) >= 11 is 0. The number of unbranched alkanes of at least 4 members (excludes halogenated alkanes) is 1. The summed E-state index contributed by atoms with van der Waals surface area (Å²) in [7, 11) is 2.99. The normalized spacial score (nSPS) is 11.0. The van der Waals surface area contributed by atoms with Gasteiger partial charge in [0.05, 0.1) is 26.0 Å². The van der Waals surface area contributed by atoms with Gasteiger partial charge in [-0.05, 0) is 41.8 Å². The van der Waals surface area contributed by atoms with E-state index in [0.29, 0.717) is 30.1 Å². The smallest absolute Gasteiger partial charge is 0.264 e. The van der Waals surface area contributed by atoms with Crippen LogP contribution >= 0.6 is 0 Å². The first-order chi connectivity index (χ1) is 19.5. The van der Waals surface area contributed by atoms with Crippen molar-refractivity contribution in [1.29, 1.82) is 0 Å². The van der Waals surface area contributed by atoms with Gasteiger partial charge in [0.15, 0.2) is 5.82 Å². The van der Waals surface area contributed by atoms with Gasteiger partial charge in [0.1, 0.15) is 5.82 Å². The molecule has 1 aromatic carbocycles. The molecule has 0 aliphatic heterocycles. The quantitative estimate of drug-likeness (QED) is 0.280. The summed E-state index contributed by atoms with van der Waals surface area (Å²) in [6.07, 6.45) is 4.67. The van der Waals surface area contributed by atoms with Crippen molar-refractivity contribution in [3.63, 3.8) is 0 Å². The van der Waals surface area contributed by atoms with Crippen molar-refractivity contribution in [2.75, 3.05) is 14.2 Å². The number of methoxy groups -OCH3 is 2. The average molecular weight is 540 g/mol. The van der Waals surface area contributed by atoms with E-state index in [-0.39, 0.29) is 23.3 Å². The van der Waals surface area contributed by atoms with Crippen LogP contribution in [0.4, 0.5) is 0 Å². The summed E-state index contributed by atoms with van der Waals surface area (Å²) < 4.78 is 12.0. The fourth-order valence-electron chi connectivity index (χ4n) is 4.47. The Morgan fingerprint density at radius 3 is 2.35 bits per heavy atom. The highest BCUT2D eigenvalue weighted by molar-refractivity contribution is 5.79. The van der Waals surface area contributed by atoms with E-state index >= 15 is 0 Å². The number of ether oxygens (including phenoxy) is 2. The Kier molecular flexibility index (Phi) is 7.85. The van der Waals surface area contributed by atoms with Gasteiger partial charge in [0.25, 0.3) is 5.56 Å². The van der Waals surface area contributed by atoms with E-state index in [0.717, 1.165) is 40.9 Å². The number of benzene rings is 1. The summed E-state index contributed by atoms with van der Waals surface area (Å²) in [5, 5.41) is 14.2.